The summed E-state index contributed by atoms with van der Waals surface area (Å²) in [6.07, 6.45) is -1.02. The molecule has 1 aliphatic heterocycles. The molecule has 6 nitrogen and oxygen atoms in total. The van der Waals surface area contributed by atoms with Crippen LogP contribution in [-0.4, -0.2) is 25.2 Å². The van der Waals surface area contributed by atoms with E-state index in [9.17, 15) is 9.59 Å². The van der Waals surface area contributed by atoms with Gasteiger partial charge in [0.1, 0.15) is 11.4 Å². The van der Waals surface area contributed by atoms with E-state index in [-0.39, 0.29) is 16.6 Å². The van der Waals surface area contributed by atoms with E-state index in [0.29, 0.717) is 17.0 Å². The Hall–Kier alpha value is -2.99. The topological polar surface area (TPSA) is 76.7 Å². The lowest BCUT2D eigenvalue weighted by Gasteiger charge is -2.18. The van der Waals surface area contributed by atoms with Crippen molar-refractivity contribution in [1.82, 2.24) is 5.32 Å². The van der Waals surface area contributed by atoms with Gasteiger partial charge in [-0.1, -0.05) is 41.9 Å². The second-order valence-corrected chi connectivity index (χ2v) is 5.56. The number of rotatable bonds is 5. The summed E-state index contributed by atoms with van der Waals surface area (Å²) >= 11 is 6.05. The molecule has 2 aromatic carbocycles. The summed E-state index contributed by atoms with van der Waals surface area (Å²) in [7, 11) is 1.53. The van der Waals surface area contributed by atoms with E-state index in [4.69, 9.17) is 21.1 Å². The average molecular weight is 359 g/mol. The maximum absolute atomic E-state index is 12.3. The molecule has 0 aliphatic carbocycles. The van der Waals surface area contributed by atoms with Crippen LogP contribution in [0.2, 0.25) is 0 Å². The second-order valence-electron chi connectivity index (χ2n) is 5.18. The van der Waals surface area contributed by atoms with E-state index in [1.165, 1.54) is 7.11 Å². The summed E-state index contributed by atoms with van der Waals surface area (Å²) in [5.74, 6) is -0.534. The van der Waals surface area contributed by atoms with Gasteiger partial charge in [-0.15, -0.1) is 0 Å². The van der Waals surface area contributed by atoms with Gasteiger partial charge < -0.3 is 20.1 Å². The Bertz CT molecular complexity index is 836. The zero-order valence-electron chi connectivity index (χ0n) is 13.3. The van der Waals surface area contributed by atoms with Gasteiger partial charge in [-0.25, -0.2) is 4.79 Å². The van der Waals surface area contributed by atoms with Gasteiger partial charge in [0.2, 0.25) is 6.23 Å². The van der Waals surface area contributed by atoms with Crippen molar-refractivity contribution in [2.24, 2.45) is 0 Å². The van der Waals surface area contributed by atoms with Crippen LogP contribution in [0.1, 0.15) is 10.4 Å². The van der Waals surface area contributed by atoms with Gasteiger partial charge >= 0.3 is 5.97 Å². The highest BCUT2D eigenvalue weighted by Crippen LogP contribution is 2.30. The molecule has 0 saturated heterocycles. The van der Waals surface area contributed by atoms with Crippen LogP contribution in [0.4, 0.5) is 5.69 Å². The van der Waals surface area contributed by atoms with Crippen LogP contribution in [0.15, 0.2) is 65.3 Å². The number of nitrogens with one attached hydrogen (secondary N) is 2. The van der Waals surface area contributed by atoms with Crippen molar-refractivity contribution in [3.8, 4) is 5.75 Å². The lowest BCUT2D eigenvalue weighted by Crippen LogP contribution is -2.38. The van der Waals surface area contributed by atoms with Crippen molar-refractivity contribution in [3.63, 3.8) is 0 Å². The van der Waals surface area contributed by atoms with Crippen LogP contribution in [0, 0.1) is 0 Å². The Morgan fingerprint density at radius 3 is 2.52 bits per heavy atom. The van der Waals surface area contributed by atoms with Crippen molar-refractivity contribution in [2.45, 2.75) is 6.23 Å². The summed E-state index contributed by atoms with van der Waals surface area (Å²) < 4.78 is 10.4. The number of carbonyl (C=O) groups excluding carboxylic acids is 2. The van der Waals surface area contributed by atoms with Gasteiger partial charge in [0.15, 0.2) is 5.03 Å². The zero-order valence-corrected chi connectivity index (χ0v) is 14.0. The zero-order chi connectivity index (χ0) is 17.8. The average Bonchev–Trinajstić information content (AvgIpc) is 2.90. The maximum Gasteiger partial charge on any atom is 0.354 e. The van der Waals surface area contributed by atoms with E-state index in [0.717, 1.165) is 0 Å². The number of halogens is 1. The maximum atomic E-state index is 12.3. The fraction of sp³-hybridized carbons (Fsp3) is 0.111. The van der Waals surface area contributed by atoms with Gasteiger partial charge in [0, 0.05) is 5.56 Å². The summed E-state index contributed by atoms with van der Waals surface area (Å²) in [5, 5.41) is 5.52. The SMILES string of the molecule is COc1ccccc1NC1=C(Cl)C(=O)OC1NC(=O)c1ccccc1. The Kier molecular flexibility index (Phi) is 4.90. The standard InChI is InChI=1S/C18H15ClN2O4/c1-24-13-10-6-5-9-12(13)20-15-14(19)18(23)25-17(15)21-16(22)11-7-3-2-4-8-11/h2-10,17,20H,1H3,(H,21,22). The Balaban J connectivity index is 1.82. The number of ether oxygens (including phenoxy) is 2. The Morgan fingerprint density at radius 1 is 1.12 bits per heavy atom. The van der Waals surface area contributed by atoms with Crippen LogP contribution < -0.4 is 15.4 Å². The first-order chi connectivity index (χ1) is 12.1. The minimum atomic E-state index is -1.02. The molecule has 7 heteroatoms. The van der Waals surface area contributed by atoms with Crippen molar-refractivity contribution in [3.05, 3.63) is 70.9 Å². The monoisotopic (exact) mass is 358 g/mol. The number of cyclic esters (lactones) is 1. The number of amides is 1. The summed E-state index contributed by atoms with van der Waals surface area (Å²) in [6.45, 7) is 0. The lowest BCUT2D eigenvalue weighted by atomic mass is 10.2. The second kappa shape index (κ2) is 7.27. The molecule has 1 heterocycles. The van der Waals surface area contributed by atoms with Crippen LogP contribution >= 0.6 is 11.6 Å². The lowest BCUT2D eigenvalue weighted by molar-refractivity contribution is -0.139. The van der Waals surface area contributed by atoms with E-state index in [1.807, 2.05) is 6.07 Å². The van der Waals surface area contributed by atoms with Gasteiger partial charge in [-0.2, -0.15) is 0 Å². The number of hydrogen-bond acceptors (Lipinski definition) is 5. The van der Waals surface area contributed by atoms with Gasteiger partial charge in [0.05, 0.1) is 12.8 Å². The summed E-state index contributed by atoms with van der Waals surface area (Å²) in [6, 6.07) is 15.7. The molecule has 3 rings (SSSR count). The minimum absolute atomic E-state index is 0.121. The molecule has 0 bridgehead atoms. The van der Waals surface area contributed by atoms with Crippen LogP contribution in [0.5, 0.6) is 5.75 Å². The molecule has 0 fully saturated rings. The predicted octanol–water partition coefficient (Wildman–Crippen LogP) is 2.87. The number of anilines is 1. The van der Waals surface area contributed by atoms with Crippen molar-refractivity contribution in [2.75, 3.05) is 12.4 Å². The molecular weight excluding hydrogens is 344 g/mol. The highest BCUT2D eigenvalue weighted by atomic mass is 35.5. The molecule has 0 aromatic heterocycles. The molecule has 1 amide bonds. The smallest absolute Gasteiger partial charge is 0.354 e. The molecule has 1 atom stereocenters. The van der Waals surface area contributed by atoms with Crippen LogP contribution in [0.3, 0.4) is 0 Å². The van der Waals surface area contributed by atoms with Gasteiger partial charge in [-0.3, -0.25) is 4.79 Å². The molecule has 128 valence electrons. The van der Waals surface area contributed by atoms with E-state index < -0.39 is 12.2 Å². The van der Waals surface area contributed by atoms with Crippen molar-refractivity contribution < 1.29 is 19.1 Å². The molecule has 25 heavy (non-hydrogen) atoms. The van der Waals surface area contributed by atoms with Crippen LogP contribution in [0.25, 0.3) is 0 Å². The first-order valence-corrected chi connectivity index (χ1v) is 7.84. The predicted molar refractivity (Wildman–Crippen MR) is 93.3 cm³/mol. The van der Waals surface area contributed by atoms with Crippen molar-refractivity contribution in [1.29, 1.82) is 0 Å². The largest absolute Gasteiger partial charge is 0.495 e. The summed E-state index contributed by atoms with van der Waals surface area (Å²) in [5.41, 5.74) is 1.29. The number of carbonyl (C=O) groups is 2. The minimum Gasteiger partial charge on any atom is -0.495 e. The van der Waals surface area contributed by atoms with E-state index in [2.05, 4.69) is 10.6 Å². The first-order valence-electron chi connectivity index (χ1n) is 7.46. The van der Waals surface area contributed by atoms with Crippen LogP contribution in [-0.2, 0) is 9.53 Å². The number of methoxy groups -OCH3 is 1. The fourth-order valence-corrected chi connectivity index (χ4v) is 2.54. The molecule has 0 spiro atoms. The van der Waals surface area contributed by atoms with Gasteiger partial charge in [0.25, 0.3) is 5.91 Å². The van der Waals surface area contributed by atoms with Gasteiger partial charge in [-0.05, 0) is 24.3 Å². The third-order valence-corrected chi connectivity index (χ3v) is 3.94. The molecule has 2 N–H and O–H groups in total. The number of hydrogen-bond donors (Lipinski definition) is 2. The van der Waals surface area contributed by atoms with E-state index >= 15 is 0 Å². The molecule has 0 saturated carbocycles. The molecule has 2 aromatic rings. The highest BCUT2D eigenvalue weighted by molar-refractivity contribution is 6.42. The fourth-order valence-electron chi connectivity index (χ4n) is 2.35. The Morgan fingerprint density at radius 2 is 1.80 bits per heavy atom. The first kappa shape index (κ1) is 16.9. The number of para-hydroxylation sites is 2. The summed E-state index contributed by atoms with van der Waals surface area (Å²) in [4.78, 5) is 24.1. The Labute approximate surface area is 149 Å². The molecular formula is C18H15ClN2O4. The van der Waals surface area contributed by atoms with Crippen molar-refractivity contribution >= 4 is 29.2 Å². The third-order valence-electron chi connectivity index (χ3n) is 3.58. The molecule has 0 radical (unpaired) electrons. The normalized spacial score (nSPS) is 16.4. The quantitative estimate of drug-likeness (QED) is 0.804. The third kappa shape index (κ3) is 3.59. The highest BCUT2D eigenvalue weighted by Gasteiger charge is 2.35. The number of esters is 1. The molecule has 1 aliphatic rings. The number of benzene rings is 2. The van der Waals surface area contributed by atoms with E-state index in [1.54, 1.807) is 48.5 Å². The molecule has 1 unspecified atom stereocenters.